The molecule has 0 aromatic carbocycles. The minimum absolute atomic E-state index is 0.122. The van der Waals surface area contributed by atoms with Gasteiger partial charge in [-0.15, -0.1) is 6.58 Å². The third-order valence-corrected chi connectivity index (χ3v) is 7.93. The van der Waals surface area contributed by atoms with Crippen LogP contribution in [0.5, 0.6) is 0 Å². The van der Waals surface area contributed by atoms with Crippen molar-refractivity contribution in [3.63, 3.8) is 0 Å². The number of hydrogen-bond donors (Lipinski definition) is 3. The number of allylic oxidation sites excluding steroid dienone is 1. The third-order valence-electron chi connectivity index (χ3n) is 6.31. The van der Waals surface area contributed by atoms with Crippen molar-refractivity contribution in [2.45, 2.75) is 115 Å². The molecular formula is C23H42O7S. The normalized spacial score (nSPS) is 14.2. The average molecular weight is 463 g/mol. The average Bonchev–Trinajstić information content (AvgIpc) is 2.68. The van der Waals surface area contributed by atoms with E-state index in [4.69, 9.17) is 0 Å². The molecule has 0 aliphatic rings. The van der Waals surface area contributed by atoms with Crippen molar-refractivity contribution in [3.8, 4) is 0 Å². The van der Waals surface area contributed by atoms with Crippen molar-refractivity contribution in [3.05, 3.63) is 12.7 Å². The Bertz CT molecular complexity index is 641. The van der Waals surface area contributed by atoms with Gasteiger partial charge < -0.3 is 10.2 Å². The molecule has 0 rings (SSSR count). The molecule has 0 aliphatic carbocycles. The summed E-state index contributed by atoms with van der Waals surface area (Å²) in [6, 6.07) is 0. The van der Waals surface area contributed by atoms with E-state index in [-0.39, 0.29) is 12.8 Å². The second-order valence-electron chi connectivity index (χ2n) is 8.52. The summed E-state index contributed by atoms with van der Waals surface area (Å²) >= 11 is 0. The standard InChI is InChI=1S/C23H42O7S/c1-4-7-9-11-13-15-18-22(20(24)25,19-16-14-12-10-8-5-2)23(17-6-3,21(26)27)31(28,29)30/h6H,3-5,7-19H2,1-2H3,(H,24,25)(H,26,27)(H,28,29,30). The predicted octanol–water partition coefficient (Wildman–Crippen LogP) is 5.85. The van der Waals surface area contributed by atoms with Gasteiger partial charge >= 0.3 is 11.9 Å². The lowest BCUT2D eigenvalue weighted by atomic mass is 9.66. The van der Waals surface area contributed by atoms with Gasteiger partial charge in [-0.05, 0) is 19.3 Å². The van der Waals surface area contributed by atoms with Gasteiger partial charge in [-0.2, -0.15) is 8.42 Å². The molecule has 0 spiro atoms. The zero-order valence-electron chi connectivity index (χ0n) is 19.3. The van der Waals surface area contributed by atoms with Crippen LogP contribution in [-0.4, -0.2) is 39.9 Å². The molecule has 0 fully saturated rings. The monoisotopic (exact) mass is 462 g/mol. The molecular weight excluding hydrogens is 420 g/mol. The Morgan fingerprint density at radius 1 is 0.774 bits per heavy atom. The zero-order valence-corrected chi connectivity index (χ0v) is 20.1. The quantitative estimate of drug-likeness (QED) is 0.118. The van der Waals surface area contributed by atoms with E-state index >= 15 is 0 Å². The molecule has 0 aromatic rings. The van der Waals surface area contributed by atoms with Crippen molar-refractivity contribution >= 4 is 22.1 Å². The molecule has 7 nitrogen and oxygen atoms in total. The van der Waals surface area contributed by atoms with Gasteiger partial charge in [0.2, 0.25) is 4.75 Å². The van der Waals surface area contributed by atoms with Crippen LogP contribution in [0, 0.1) is 5.41 Å². The van der Waals surface area contributed by atoms with Crippen LogP contribution >= 0.6 is 0 Å². The van der Waals surface area contributed by atoms with Gasteiger partial charge in [0.15, 0.2) is 0 Å². The minimum atomic E-state index is -5.24. The summed E-state index contributed by atoms with van der Waals surface area (Å²) in [6.45, 7) is 7.61. The fourth-order valence-electron chi connectivity index (χ4n) is 4.48. The van der Waals surface area contributed by atoms with E-state index < -0.39 is 38.6 Å². The first kappa shape index (κ1) is 29.6. The van der Waals surface area contributed by atoms with Crippen molar-refractivity contribution in [1.82, 2.24) is 0 Å². The molecule has 1 unspecified atom stereocenters. The Morgan fingerprint density at radius 3 is 1.45 bits per heavy atom. The number of unbranched alkanes of at least 4 members (excludes halogenated alkanes) is 10. The van der Waals surface area contributed by atoms with Crippen LogP contribution in [0.25, 0.3) is 0 Å². The molecule has 0 saturated carbocycles. The second kappa shape index (κ2) is 14.6. The van der Waals surface area contributed by atoms with Gasteiger partial charge in [-0.3, -0.25) is 14.1 Å². The third kappa shape index (κ3) is 7.90. The molecule has 0 amide bonds. The fraction of sp³-hybridized carbons (Fsp3) is 0.826. The number of aliphatic carboxylic acids is 2. The summed E-state index contributed by atoms with van der Waals surface area (Å²) in [7, 11) is -5.24. The SMILES string of the molecule is C=CCC(C(=O)O)(C(CCCCCCCC)(CCCCCCCC)C(=O)O)S(=O)(=O)O. The van der Waals surface area contributed by atoms with E-state index in [1.54, 1.807) is 0 Å². The maximum Gasteiger partial charge on any atom is 0.329 e. The number of carboxylic acids is 2. The zero-order chi connectivity index (χ0) is 24.0. The number of carbonyl (C=O) groups is 2. The Labute approximate surface area is 188 Å². The van der Waals surface area contributed by atoms with Crippen LogP contribution in [0.2, 0.25) is 0 Å². The summed E-state index contributed by atoms with van der Waals surface area (Å²) < 4.78 is 32.1. The van der Waals surface area contributed by atoms with Crippen LogP contribution in [-0.2, 0) is 19.7 Å². The molecule has 31 heavy (non-hydrogen) atoms. The summed E-state index contributed by atoms with van der Waals surface area (Å²) in [6.07, 6.45) is 10.2. The van der Waals surface area contributed by atoms with E-state index in [1.165, 1.54) is 0 Å². The van der Waals surface area contributed by atoms with Gasteiger partial charge in [0, 0.05) is 0 Å². The number of hydrogen-bond acceptors (Lipinski definition) is 4. The highest BCUT2D eigenvalue weighted by atomic mass is 32.2. The van der Waals surface area contributed by atoms with E-state index in [0.29, 0.717) is 25.7 Å². The van der Waals surface area contributed by atoms with Crippen LogP contribution in [0.1, 0.15) is 110 Å². The molecule has 0 bridgehead atoms. The molecule has 182 valence electrons. The Hall–Kier alpha value is -1.41. The van der Waals surface area contributed by atoms with Crippen molar-refractivity contribution < 1.29 is 32.8 Å². The van der Waals surface area contributed by atoms with Crippen molar-refractivity contribution in [1.29, 1.82) is 0 Å². The smallest absolute Gasteiger partial charge is 0.329 e. The first-order valence-electron chi connectivity index (χ1n) is 11.6. The number of rotatable bonds is 20. The molecule has 1 atom stereocenters. The molecule has 0 aliphatic heterocycles. The van der Waals surface area contributed by atoms with Gasteiger partial charge in [-0.1, -0.05) is 97.0 Å². The lowest BCUT2D eigenvalue weighted by Crippen LogP contribution is -2.62. The molecule has 0 aromatic heterocycles. The van der Waals surface area contributed by atoms with Gasteiger partial charge in [0.1, 0.15) is 5.41 Å². The van der Waals surface area contributed by atoms with Crippen LogP contribution in [0.3, 0.4) is 0 Å². The lowest BCUT2D eigenvalue weighted by Gasteiger charge is -2.42. The highest BCUT2D eigenvalue weighted by Crippen LogP contribution is 2.49. The highest BCUT2D eigenvalue weighted by Gasteiger charge is 2.67. The van der Waals surface area contributed by atoms with E-state index in [9.17, 15) is 32.8 Å². The second-order valence-corrected chi connectivity index (χ2v) is 10.2. The molecule has 0 saturated heterocycles. The topological polar surface area (TPSA) is 129 Å². The largest absolute Gasteiger partial charge is 0.481 e. The minimum Gasteiger partial charge on any atom is -0.481 e. The molecule has 0 radical (unpaired) electrons. The van der Waals surface area contributed by atoms with E-state index in [1.807, 2.05) is 0 Å². The van der Waals surface area contributed by atoms with Crippen molar-refractivity contribution in [2.75, 3.05) is 0 Å². The van der Waals surface area contributed by atoms with E-state index in [0.717, 1.165) is 57.4 Å². The Morgan fingerprint density at radius 2 is 1.16 bits per heavy atom. The summed E-state index contributed by atoms with van der Waals surface area (Å²) in [5.74, 6) is -3.33. The maximum absolute atomic E-state index is 12.6. The lowest BCUT2D eigenvalue weighted by molar-refractivity contribution is -0.162. The fourth-order valence-corrected chi connectivity index (χ4v) is 5.82. The maximum atomic E-state index is 12.6. The first-order chi connectivity index (χ1) is 14.6. The highest BCUT2D eigenvalue weighted by molar-refractivity contribution is 7.88. The summed E-state index contributed by atoms with van der Waals surface area (Å²) in [4.78, 5) is 24.9. The van der Waals surface area contributed by atoms with Gasteiger partial charge in [-0.25, -0.2) is 0 Å². The van der Waals surface area contributed by atoms with Crippen LogP contribution in [0.15, 0.2) is 12.7 Å². The van der Waals surface area contributed by atoms with E-state index in [2.05, 4.69) is 20.4 Å². The van der Waals surface area contributed by atoms with Gasteiger partial charge in [0.25, 0.3) is 10.1 Å². The van der Waals surface area contributed by atoms with Crippen molar-refractivity contribution in [2.24, 2.45) is 5.41 Å². The summed E-state index contributed by atoms with van der Waals surface area (Å²) in [5.41, 5.74) is -2.13. The number of carboxylic acid groups (broad SMARTS) is 2. The molecule has 0 heterocycles. The van der Waals surface area contributed by atoms with Crippen LogP contribution < -0.4 is 0 Å². The first-order valence-corrected chi connectivity index (χ1v) is 13.1. The predicted molar refractivity (Wildman–Crippen MR) is 123 cm³/mol. The van der Waals surface area contributed by atoms with Gasteiger partial charge in [0.05, 0.1) is 0 Å². The molecule has 8 heteroatoms. The summed E-state index contributed by atoms with van der Waals surface area (Å²) in [5, 5.41) is 20.2. The molecule has 3 N–H and O–H groups in total. The Kier molecular flexibility index (Phi) is 13.9. The van der Waals surface area contributed by atoms with Crippen LogP contribution in [0.4, 0.5) is 0 Å². The Balaban J connectivity index is 5.98.